The second-order valence-electron chi connectivity index (χ2n) is 5.41. The summed E-state index contributed by atoms with van der Waals surface area (Å²) in [6.45, 7) is 0. The molecule has 1 N–H and O–H groups in total. The number of thiazole rings is 1. The third-order valence-electron chi connectivity index (χ3n) is 3.85. The second-order valence-corrected chi connectivity index (χ2v) is 7.87. The lowest BCUT2D eigenvalue weighted by molar-refractivity contribution is -0.112. The highest BCUT2D eigenvalue weighted by Crippen LogP contribution is 2.47. The van der Waals surface area contributed by atoms with E-state index in [9.17, 15) is 4.79 Å². The van der Waals surface area contributed by atoms with Gasteiger partial charge in [0.05, 0.1) is 10.6 Å². The van der Waals surface area contributed by atoms with Crippen LogP contribution >= 0.6 is 34.7 Å². The maximum Gasteiger partial charge on any atom is 0.265 e. The molecule has 1 amide bonds. The zero-order valence-electron chi connectivity index (χ0n) is 12.5. The molecule has 0 saturated heterocycles. The van der Waals surface area contributed by atoms with Gasteiger partial charge in [-0.3, -0.25) is 10.1 Å². The average molecular weight is 373 g/mol. The van der Waals surface area contributed by atoms with E-state index in [1.165, 1.54) is 23.1 Å². The van der Waals surface area contributed by atoms with Crippen LogP contribution < -0.4 is 5.32 Å². The molecule has 0 saturated carbocycles. The number of allylic oxidation sites excluding steroid dienone is 4. The van der Waals surface area contributed by atoms with Crippen LogP contribution in [0.3, 0.4) is 0 Å². The predicted octanol–water partition coefficient (Wildman–Crippen LogP) is 5.06. The molecule has 6 heteroatoms. The second kappa shape index (κ2) is 6.59. The van der Waals surface area contributed by atoms with Gasteiger partial charge >= 0.3 is 0 Å². The Morgan fingerprint density at radius 2 is 1.96 bits per heavy atom. The summed E-state index contributed by atoms with van der Waals surface area (Å²) in [5.74, 6) is -0.0891. The Morgan fingerprint density at radius 3 is 2.75 bits per heavy atom. The summed E-state index contributed by atoms with van der Waals surface area (Å²) in [5.41, 5.74) is 1.89. The quantitative estimate of drug-likeness (QED) is 0.819. The number of nitrogens with zero attached hydrogens (tertiary/aromatic N) is 1. The molecular weight excluding hydrogens is 360 g/mol. The molecule has 1 aliphatic carbocycles. The van der Waals surface area contributed by atoms with E-state index in [-0.39, 0.29) is 17.1 Å². The summed E-state index contributed by atoms with van der Waals surface area (Å²) in [6.07, 6.45) is 8.08. The number of rotatable bonds is 3. The highest BCUT2D eigenvalue weighted by atomic mass is 35.5. The molecule has 2 heterocycles. The van der Waals surface area contributed by atoms with Crippen molar-refractivity contribution < 1.29 is 4.79 Å². The molecule has 1 aromatic carbocycles. The first-order valence-electron chi connectivity index (χ1n) is 7.46. The SMILES string of the molecule is O=C(Nc1nc(-c2ccccc2)cs1)C1=C(Cl)[C@H]2C=CC=C[C@@H]2S1. The monoisotopic (exact) mass is 372 g/mol. The molecule has 2 aliphatic rings. The van der Waals surface area contributed by atoms with Gasteiger partial charge < -0.3 is 0 Å². The predicted molar refractivity (Wildman–Crippen MR) is 102 cm³/mol. The number of halogens is 1. The van der Waals surface area contributed by atoms with Crippen LogP contribution in [0.25, 0.3) is 11.3 Å². The van der Waals surface area contributed by atoms with Gasteiger partial charge in [0.15, 0.2) is 5.13 Å². The van der Waals surface area contributed by atoms with E-state index >= 15 is 0 Å². The highest BCUT2D eigenvalue weighted by molar-refractivity contribution is 8.05. The number of carbonyl (C=O) groups is 1. The van der Waals surface area contributed by atoms with Crippen molar-refractivity contribution in [3.8, 4) is 11.3 Å². The standard InChI is InChI=1S/C18H13ClN2OS2/c19-15-12-8-4-5-9-14(12)24-16(15)17(22)21-18-20-13(10-23-18)11-6-2-1-3-7-11/h1-10,12,14H,(H,20,21,22)/t12-,14-/m0/s1. The van der Waals surface area contributed by atoms with Crippen molar-refractivity contribution in [3.63, 3.8) is 0 Å². The zero-order chi connectivity index (χ0) is 16.5. The fourth-order valence-electron chi connectivity index (χ4n) is 2.66. The summed E-state index contributed by atoms with van der Waals surface area (Å²) < 4.78 is 0. The first kappa shape index (κ1) is 15.7. The number of hydrogen-bond acceptors (Lipinski definition) is 4. The van der Waals surface area contributed by atoms with E-state index in [1.807, 2.05) is 53.9 Å². The van der Waals surface area contributed by atoms with Crippen LogP contribution in [0.4, 0.5) is 5.13 Å². The number of amides is 1. The van der Waals surface area contributed by atoms with Crippen LogP contribution in [0.1, 0.15) is 0 Å². The van der Waals surface area contributed by atoms with Gasteiger partial charge in [0, 0.05) is 27.1 Å². The number of thioether (sulfide) groups is 1. The van der Waals surface area contributed by atoms with E-state index < -0.39 is 0 Å². The largest absolute Gasteiger partial charge is 0.297 e. The molecule has 0 radical (unpaired) electrons. The molecule has 2 atom stereocenters. The van der Waals surface area contributed by atoms with Crippen LogP contribution in [0.2, 0.25) is 0 Å². The average Bonchev–Trinajstić information content (AvgIpc) is 3.21. The number of nitrogens with one attached hydrogen (secondary N) is 1. The third kappa shape index (κ3) is 2.95. The molecule has 0 spiro atoms. The minimum atomic E-state index is -0.185. The number of anilines is 1. The summed E-state index contributed by atoms with van der Waals surface area (Å²) in [7, 11) is 0. The van der Waals surface area contributed by atoms with Crippen molar-refractivity contribution in [2.45, 2.75) is 5.25 Å². The fraction of sp³-hybridized carbons (Fsp3) is 0.111. The molecule has 24 heavy (non-hydrogen) atoms. The van der Waals surface area contributed by atoms with Crippen LogP contribution in [0, 0.1) is 5.92 Å². The number of fused-ring (bicyclic) bond motifs is 1. The zero-order valence-corrected chi connectivity index (χ0v) is 14.9. The molecular formula is C18H13ClN2OS2. The molecule has 120 valence electrons. The van der Waals surface area contributed by atoms with Gasteiger partial charge in [0.1, 0.15) is 0 Å². The lowest BCUT2D eigenvalue weighted by Crippen LogP contribution is -2.12. The molecule has 3 nitrogen and oxygen atoms in total. The minimum Gasteiger partial charge on any atom is -0.297 e. The Balaban J connectivity index is 1.51. The van der Waals surface area contributed by atoms with Crippen molar-refractivity contribution in [2.75, 3.05) is 5.32 Å². The van der Waals surface area contributed by atoms with E-state index in [0.29, 0.717) is 15.1 Å². The van der Waals surface area contributed by atoms with E-state index in [0.717, 1.165) is 11.3 Å². The minimum absolute atomic E-state index is 0.0959. The maximum atomic E-state index is 12.6. The molecule has 0 unspecified atom stereocenters. The first-order valence-corrected chi connectivity index (χ1v) is 9.60. The number of aromatic nitrogens is 1. The van der Waals surface area contributed by atoms with E-state index in [2.05, 4.69) is 16.4 Å². The molecule has 4 rings (SSSR count). The molecule has 0 bridgehead atoms. The summed E-state index contributed by atoms with van der Waals surface area (Å²) in [5, 5.41) is 6.21. The van der Waals surface area contributed by atoms with Crippen LogP contribution in [-0.4, -0.2) is 16.1 Å². The van der Waals surface area contributed by atoms with Gasteiger partial charge in [-0.15, -0.1) is 23.1 Å². The van der Waals surface area contributed by atoms with Gasteiger partial charge in [0.25, 0.3) is 5.91 Å². The van der Waals surface area contributed by atoms with Crippen molar-refractivity contribution in [3.05, 3.63) is 70.0 Å². The van der Waals surface area contributed by atoms with Gasteiger partial charge in [-0.05, 0) is 0 Å². The Bertz CT molecular complexity index is 870. The van der Waals surface area contributed by atoms with Gasteiger partial charge in [-0.1, -0.05) is 66.2 Å². The van der Waals surface area contributed by atoms with Crippen molar-refractivity contribution in [1.82, 2.24) is 4.98 Å². The Morgan fingerprint density at radius 1 is 1.17 bits per heavy atom. The fourth-order valence-corrected chi connectivity index (χ4v) is 5.10. The highest BCUT2D eigenvalue weighted by Gasteiger charge is 2.35. The topological polar surface area (TPSA) is 42.0 Å². The number of benzene rings is 1. The van der Waals surface area contributed by atoms with Gasteiger partial charge in [-0.2, -0.15) is 0 Å². The lowest BCUT2D eigenvalue weighted by Gasteiger charge is -2.14. The lowest BCUT2D eigenvalue weighted by atomic mass is 10.00. The summed E-state index contributed by atoms with van der Waals surface area (Å²) in [4.78, 5) is 17.6. The van der Waals surface area contributed by atoms with Crippen LogP contribution in [-0.2, 0) is 4.79 Å². The first-order chi connectivity index (χ1) is 11.7. The Kier molecular flexibility index (Phi) is 4.31. The smallest absolute Gasteiger partial charge is 0.265 e. The number of carbonyl (C=O) groups excluding carboxylic acids is 1. The van der Waals surface area contributed by atoms with Crippen LogP contribution in [0.5, 0.6) is 0 Å². The normalized spacial score (nSPS) is 21.9. The van der Waals surface area contributed by atoms with Gasteiger partial charge in [0.2, 0.25) is 0 Å². The molecule has 0 fully saturated rings. The van der Waals surface area contributed by atoms with Crippen molar-refractivity contribution >= 4 is 45.7 Å². The molecule has 1 aliphatic heterocycles. The van der Waals surface area contributed by atoms with Crippen molar-refractivity contribution in [1.29, 1.82) is 0 Å². The maximum absolute atomic E-state index is 12.6. The Hall–Kier alpha value is -1.82. The molecule has 2 aromatic rings. The van der Waals surface area contributed by atoms with Gasteiger partial charge in [-0.25, -0.2) is 4.98 Å². The van der Waals surface area contributed by atoms with E-state index in [4.69, 9.17) is 11.6 Å². The Labute approximate surface area is 153 Å². The number of hydrogen-bond donors (Lipinski definition) is 1. The van der Waals surface area contributed by atoms with Crippen molar-refractivity contribution in [2.24, 2.45) is 5.92 Å². The molecule has 1 aromatic heterocycles. The van der Waals surface area contributed by atoms with E-state index in [1.54, 1.807) is 0 Å². The summed E-state index contributed by atoms with van der Waals surface area (Å²) in [6, 6.07) is 9.89. The third-order valence-corrected chi connectivity index (χ3v) is 6.52. The summed E-state index contributed by atoms with van der Waals surface area (Å²) >= 11 is 9.33. The van der Waals surface area contributed by atoms with Crippen LogP contribution in [0.15, 0.2) is 70.0 Å².